The summed E-state index contributed by atoms with van der Waals surface area (Å²) < 4.78 is 24.5. The maximum absolute atomic E-state index is 11.5. The summed E-state index contributed by atoms with van der Waals surface area (Å²) in [7, 11) is -1.09. The average molecular weight is 460 g/mol. The van der Waals surface area contributed by atoms with Gasteiger partial charge in [-0.3, -0.25) is 4.99 Å². The number of halogens is 1. The Morgan fingerprint density at radius 2 is 1.91 bits per heavy atom. The van der Waals surface area contributed by atoms with Crippen LogP contribution >= 0.6 is 24.0 Å². The molecular weight excluding hydrogens is 427 g/mol. The van der Waals surface area contributed by atoms with Crippen LogP contribution in [-0.4, -0.2) is 69.6 Å². The Labute approximate surface area is 159 Å². The van der Waals surface area contributed by atoms with Gasteiger partial charge in [-0.25, -0.2) is 12.7 Å². The molecule has 23 heavy (non-hydrogen) atoms. The van der Waals surface area contributed by atoms with Crippen molar-refractivity contribution in [2.24, 2.45) is 4.99 Å². The minimum absolute atomic E-state index is 0. The lowest BCUT2D eigenvalue weighted by Crippen LogP contribution is -2.39. The molecule has 0 aliphatic heterocycles. The number of hydrogen-bond donors (Lipinski definition) is 1. The Kier molecular flexibility index (Phi) is 15.2. The monoisotopic (exact) mass is 460 g/mol. The third-order valence-electron chi connectivity index (χ3n) is 3.25. The van der Waals surface area contributed by atoms with Crippen LogP contribution in [0.3, 0.4) is 0 Å². The summed E-state index contributed by atoms with van der Waals surface area (Å²) >= 11 is 0. The van der Waals surface area contributed by atoms with E-state index < -0.39 is 10.0 Å². The third-order valence-corrected chi connectivity index (χ3v) is 4.63. The van der Waals surface area contributed by atoms with Gasteiger partial charge in [-0.1, -0.05) is 13.0 Å². The van der Waals surface area contributed by atoms with Crippen molar-refractivity contribution in [2.75, 3.05) is 46.0 Å². The Morgan fingerprint density at radius 3 is 2.39 bits per heavy atom. The van der Waals surface area contributed by atoms with Gasteiger partial charge < -0.3 is 10.2 Å². The highest BCUT2D eigenvalue weighted by Crippen LogP contribution is 2.00. The minimum atomic E-state index is -3.11. The van der Waals surface area contributed by atoms with Crippen LogP contribution in [-0.2, 0) is 10.0 Å². The first-order valence-electron chi connectivity index (χ1n) is 7.92. The van der Waals surface area contributed by atoms with Crippen LogP contribution in [0.1, 0.15) is 33.1 Å². The molecule has 0 aromatic heterocycles. The summed E-state index contributed by atoms with van der Waals surface area (Å²) in [5.41, 5.74) is 0. The Balaban J connectivity index is 0. The van der Waals surface area contributed by atoms with E-state index in [1.807, 2.05) is 27.0 Å². The van der Waals surface area contributed by atoms with E-state index in [2.05, 4.69) is 21.8 Å². The molecule has 0 spiro atoms. The van der Waals surface area contributed by atoms with Gasteiger partial charge in [0.15, 0.2) is 5.96 Å². The van der Waals surface area contributed by atoms with Crippen molar-refractivity contribution in [3.05, 3.63) is 12.7 Å². The summed E-state index contributed by atoms with van der Waals surface area (Å²) in [6.45, 7) is 11.0. The van der Waals surface area contributed by atoms with Crippen molar-refractivity contribution in [2.45, 2.75) is 33.1 Å². The second kappa shape index (κ2) is 14.0. The number of nitrogens with zero attached hydrogens (tertiary/aromatic N) is 3. The van der Waals surface area contributed by atoms with Crippen LogP contribution < -0.4 is 5.32 Å². The number of hydrogen-bond acceptors (Lipinski definition) is 3. The summed E-state index contributed by atoms with van der Waals surface area (Å²) in [6, 6.07) is 0. The Hall–Kier alpha value is -0.350. The van der Waals surface area contributed by atoms with Crippen LogP contribution in [0.2, 0.25) is 0 Å². The maximum Gasteiger partial charge on any atom is 0.211 e. The van der Waals surface area contributed by atoms with Gasteiger partial charge >= 0.3 is 0 Å². The summed E-state index contributed by atoms with van der Waals surface area (Å²) in [4.78, 5) is 6.66. The molecule has 8 heteroatoms. The van der Waals surface area contributed by atoms with Crippen LogP contribution in [0.4, 0.5) is 0 Å². The zero-order valence-electron chi connectivity index (χ0n) is 14.9. The highest BCUT2D eigenvalue weighted by molar-refractivity contribution is 14.0. The van der Waals surface area contributed by atoms with Crippen molar-refractivity contribution in [3.8, 4) is 0 Å². The lowest BCUT2D eigenvalue weighted by Gasteiger charge is -2.22. The van der Waals surface area contributed by atoms with Crippen molar-refractivity contribution < 1.29 is 8.42 Å². The molecule has 0 radical (unpaired) electrons. The highest BCUT2D eigenvalue weighted by Gasteiger charge is 2.13. The fourth-order valence-electron chi connectivity index (χ4n) is 2.04. The molecule has 0 bridgehead atoms. The van der Waals surface area contributed by atoms with Gasteiger partial charge in [0.05, 0.1) is 6.26 Å². The van der Waals surface area contributed by atoms with Crippen LogP contribution in [0.25, 0.3) is 0 Å². The molecule has 0 saturated carbocycles. The molecule has 0 unspecified atom stereocenters. The number of guanidine groups is 1. The molecular formula is C15H33IN4O2S. The van der Waals surface area contributed by atoms with Gasteiger partial charge in [-0.15, -0.1) is 30.6 Å². The van der Waals surface area contributed by atoms with Gasteiger partial charge in [0.2, 0.25) is 10.0 Å². The van der Waals surface area contributed by atoms with E-state index in [4.69, 9.17) is 0 Å². The zero-order valence-corrected chi connectivity index (χ0v) is 18.1. The summed E-state index contributed by atoms with van der Waals surface area (Å²) in [5.74, 6) is 0.869. The standard InChI is InChI=1S/C15H32N4O2S.HI/c1-6-9-10-13-18(4)15(16-7-2)17-12-11-14-19(8-3)22(5,20)21;/h6H,1,7-14H2,2-5H3,(H,16,17);1H. The fraction of sp³-hybridized carbons (Fsp3) is 0.800. The number of unbranched alkanes of at least 4 members (excludes halogenated alkanes) is 1. The molecule has 0 rings (SSSR count). The van der Waals surface area contributed by atoms with E-state index in [1.165, 1.54) is 10.6 Å². The SMILES string of the molecule is C=CCCCN(C)C(=NCCCN(CC)S(C)(=O)=O)NCC.I. The summed E-state index contributed by atoms with van der Waals surface area (Å²) in [6.07, 6.45) is 5.92. The normalized spacial score (nSPS) is 12.0. The van der Waals surface area contributed by atoms with Crippen molar-refractivity contribution in [1.29, 1.82) is 0 Å². The van der Waals surface area contributed by atoms with E-state index in [9.17, 15) is 8.42 Å². The van der Waals surface area contributed by atoms with E-state index in [0.29, 0.717) is 19.6 Å². The van der Waals surface area contributed by atoms with Gasteiger partial charge in [0.25, 0.3) is 0 Å². The molecule has 0 atom stereocenters. The number of sulfonamides is 1. The first-order chi connectivity index (χ1) is 10.4. The molecule has 0 aliphatic carbocycles. The molecule has 0 aromatic rings. The molecule has 0 heterocycles. The predicted octanol–water partition coefficient (Wildman–Crippen LogP) is 2.14. The lowest BCUT2D eigenvalue weighted by atomic mass is 10.3. The Bertz CT molecular complexity index is 441. The highest BCUT2D eigenvalue weighted by atomic mass is 127. The molecule has 138 valence electrons. The molecule has 0 saturated heterocycles. The molecule has 0 aromatic carbocycles. The summed E-state index contributed by atoms with van der Waals surface area (Å²) in [5, 5.41) is 3.26. The molecule has 1 N–H and O–H groups in total. The first-order valence-corrected chi connectivity index (χ1v) is 9.77. The average Bonchev–Trinajstić information content (AvgIpc) is 2.44. The van der Waals surface area contributed by atoms with Gasteiger partial charge in [0, 0.05) is 39.8 Å². The van der Waals surface area contributed by atoms with Gasteiger partial charge in [0.1, 0.15) is 0 Å². The molecule has 0 aliphatic rings. The maximum atomic E-state index is 11.5. The molecule has 0 fully saturated rings. The lowest BCUT2D eigenvalue weighted by molar-refractivity contribution is 0.425. The predicted molar refractivity (Wildman–Crippen MR) is 110 cm³/mol. The smallest absolute Gasteiger partial charge is 0.211 e. The fourth-order valence-corrected chi connectivity index (χ4v) is 2.97. The van der Waals surface area contributed by atoms with Crippen molar-refractivity contribution in [1.82, 2.24) is 14.5 Å². The van der Waals surface area contributed by atoms with Gasteiger partial charge in [-0.05, 0) is 26.2 Å². The van der Waals surface area contributed by atoms with Crippen LogP contribution in [0.15, 0.2) is 17.6 Å². The molecule has 0 amide bonds. The zero-order chi connectivity index (χ0) is 17.0. The van der Waals surface area contributed by atoms with E-state index in [1.54, 1.807) is 0 Å². The Morgan fingerprint density at radius 1 is 1.26 bits per heavy atom. The number of aliphatic imine (C=N–C) groups is 1. The number of nitrogens with one attached hydrogen (secondary N) is 1. The van der Waals surface area contributed by atoms with Crippen molar-refractivity contribution >= 4 is 40.0 Å². The van der Waals surface area contributed by atoms with E-state index in [0.717, 1.165) is 38.3 Å². The number of allylic oxidation sites excluding steroid dienone is 1. The topological polar surface area (TPSA) is 65.0 Å². The van der Waals surface area contributed by atoms with E-state index >= 15 is 0 Å². The van der Waals surface area contributed by atoms with Crippen molar-refractivity contribution in [3.63, 3.8) is 0 Å². The minimum Gasteiger partial charge on any atom is -0.357 e. The van der Waals surface area contributed by atoms with Crippen LogP contribution in [0.5, 0.6) is 0 Å². The first kappa shape index (κ1) is 24.9. The largest absolute Gasteiger partial charge is 0.357 e. The third kappa shape index (κ3) is 11.8. The van der Waals surface area contributed by atoms with E-state index in [-0.39, 0.29) is 24.0 Å². The van der Waals surface area contributed by atoms with Gasteiger partial charge in [-0.2, -0.15) is 0 Å². The second-order valence-electron chi connectivity index (χ2n) is 5.20. The quantitative estimate of drug-likeness (QED) is 0.169. The molecule has 6 nitrogen and oxygen atoms in total. The van der Waals surface area contributed by atoms with Crippen LogP contribution in [0, 0.1) is 0 Å². The number of rotatable bonds is 11. The second-order valence-corrected chi connectivity index (χ2v) is 7.18.